The predicted octanol–water partition coefficient (Wildman–Crippen LogP) is 3.80. The summed E-state index contributed by atoms with van der Waals surface area (Å²) < 4.78 is 16.0. The molecule has 0 spiro atoms. The van der Waals surface area contributed by atoms with Gasteiger partial charge in [0.25, 0.3) is 5.91 Å². The fourth-order valence-electron chi connectivity index (χ4n) is 2.95. The number of benzene rings is 2. The van der Waals surface area contributed by atoms with Gasteiger partial charge in [0.15, 0.2) is 11.5 Å². The number of hydrogen-bond donors (Lipinski definition) is 2. The second kappa shape index (κ2) is 10.5. The number of aryl methyl sites for hydroxylation is 1. The second-order valence-electron chi connectivity index (χ2n) is 7.16. The summed E-state index contributed by atoms with van der Waals surface area (Å²) in [6.45, 7) is 8.07. The van der Waals surface area contributed by atoms with Crippen molar-refractivity contribution in [1.82, 2.24) is 5.32 Å². The summed E-state index contributed by atoms with van der Waals surface area (Å²) in [5.41, 5.74) is 1.87. The molecule has 0 aliphatic rings. The van der Waals surface area contributed by atoms with Crippen LogP contribution in [0.15, 0.2) is 36.4 Å². The summed E-state index contributed by atoms with van der Waals surface area (Å²) in [6.07, 6.45) is 0. The van der Waals surface area contributed by atoms with Crippen LogP contribution in [-0.2, 0) is 4.79 Å². The number of carbonyl (C=O) groups excluding carboxylic acids is 2. The Labute approximate surface area is 177 Å². The molecule has 7 heteroatoms. The summed E-state index contributed by atoms with van der Waals surface area (Å²) in [4.78, 5) is 25.6. The van der Waals surface area contributed by atoms with E-state index in [1.807, 2.05) is 27.7 Å². The molecule has 0 aliphatic heterocycles. The van der Waals surface area contributed by atoms with E-state index in [0.29, 0.717) is 35.1 Å². The van der Waals surface area contributed by atoms with Gasteiger partial charge in [0.05, 0.1) is 20.8 Å². The summed E-state index contributed by atoms with van der Waals surface area (Å²) in [5, 5.41) is 5.72. The zero-order chi connectivity index (χ0) is 22.3. The van der Waals surface area contributed by atoms with Gasteiger partial charge in [-0.2, -0.15) is 0 Å². The first-order chi connectivity index (χ1) is 14.3. The minimum atomic E-state index is -0.712. The molecule has 1 atom stereocenters. The molecule has 0 bridgehead atoms. The number of rotatable bonds is 9. The van der Waals surface area contributed by atoms with Crippen molar-refractivity contribution in [2.45, 2.75) is 33.7 Å². The molecule has 2 rings (SSSR count). The molecule has 0 fully saturated rings. The van der Waals surface area contributed by atoms with Gasteiger partial charge in [-0.1, -0.05) is 13.8 Å². The van der Waals surface area contributed by atoms with Gasteiger partial charge in [-0.3, -0.25) is 9.59 Å². The Bertz CT molecular complexity index is 878. The lowest BCUT2D eigenvalue weighted by Gasteiger charge is -2.23. The molecule has 2 amide bonds. The van der Waals surface area contributed by atoms with Gasteiger partial charge in [0.2, 0.25) is 5.91 Å². The number of amides is 2. The lowest BCUT2D eigenvalue weighted by molar-refractivity contribution is -0.118. The first-order valence-electron chi connectivity index (χ1n) is 9.87. The van der Waals surface area contributed by atoms with Crippen LogP contribution in [0.2, 0.25) is 0 Å². The molecule has 2 N–H and O–H groups in total. The Morgan fingerprint density at radius 2 is 1.60 bits per heavy atom. The van der Waals surface area contributed by atoms with Gasteiger partial charge < -0.3 is 24.8 Å². The molecule has 30 heavy (non-hydrogen) atoms. The molecule has 2 aromatic carbocycles. The largest absolute Gasteiger partial charge is 0.494 e. The molecular formula is C23H30N2O5. The maximum Gasteiger partial charge on any atom is 0.251 e. The van der Waals surface area contributed by atoms with Gasteiger partial charge in [-0.15, -0.1) is 0 Å². The lowest BCUT2D eigenvalue weighted by atomic mass is 10.0. The topological polar surface area (TPSA) is 85.9 Å². The molecular weight excluding hydrogens is 384 g/mol. The van der Waals surface area contributed by atoms with Crippen molar-refractivity contribution in [3.05, 3.63) is 47.5 Å². The van der Waals surface area contributed by atoms with E-state index in [1.165, 1.54) is 7.11 Å². The Morgan fingerprint density at radius 1 is 1.00 bits per heavy atom. The fraction of sp³-hybridized carbons (Fsp3) is 0.391. The molecule has 0 saturated carbocycles. The molecule has 0 aliphatic carbocycles. The van der Waals surface area contributed by atoms with E-state index in [0.717, 1.165) is 5.56 Å². The van der Waals surface area contributed by atoms with E-state index >= 15 is 0 Å². The first kappa shape index (κ1) is 23.1. The number of nitrogens with one attached hydrogen (secondary N) is 2. The fourth-order valence-corrected chi connectivity index (χ4v) is 2.95. The van der Waals surface area contributed by atoms with Crippen LogP contribution in [0.1, 0.15) is 36.7 Å². The minimum Gasteiger partial charge on any atom is -0.494 e. The third kappa shape index (κ3) is 5.65. The van der Waals surface area contributed by atoms with Crippen molar-refractivity contribution < 1.29 is 23.8 Å². The number of anilines is 1. The van der Waals surface area contributed by atoms with E-state index in [4.69, 9.17) is 14.2 Å². The van der Waals surface area contributed by atoms with Gasteiger partial charge in [0.1, 0.15) is 11.8 Å². The predicted molar refractivity (Wildman–Crippen MR) is 117 cm³/mol. The highest BCUT2D eigenvalue weighted by molar-refractivity contribution is 6.01. The molecule has 7 nitrogen and oxygen atoms in total. The Morgan fingerprint density at radius 3 is 2.13 bits per heavy atom. The Hall–Kier alpha value is -3.22. The van der Waals surface area contributed by atoms with Gasteiger partial charge in [-0.05, 0) is 55.7 Å². The molecule has 0 saturated heterocycles. The van der Waals surface area contributed by atoms with Gasteiger partial charge in [-0.25, -0.2) is 0 Å². The van der Waals surface area contributed by atoms with Crippen molar-refractivity contribution in [3.8, 4) is 17.2 Å². The van der Waals surface area contributed by atoms with Crippen molar-refractivity contribution in [2.75, 3.05) is 26.1 Å². The van der Waals surface area contributed by atoms with Crippen LogP contribution in [0.25, 0.3) is 0 Å². The van der Waals surface area contributed by atoms with Gasteiger partial charge >= 0.3 is 0 Å². The minimum absolute atomic E-state index is 0.114. The second-order valence-corrected chi connectivity index (χ2v) is 7.16. The van der Waals surface area contributed by atoms with Crippen LogP contribution in [0.4, 0.5) is 5.69 Å². The first-order valence-corrected chi connectivity index (χ1v) is 9.87. The van der Waals surface area contributed by atoms with E-state index in [-0.39, 0.29) is 17.7 Å². The standard InChI is InChI=1S/C23H30N2O5/c1-7-30-17-10-8-16(9-11-17)22(26)25-21(14(2)3)23(27)24-18-13-20(29-6)19(28-5)12-15(18)4/h8-14,21H,7H2,1-6H3,(H,24,27)(H,25,26)/t21-/m0/s1. The van der Waals surface area contributed by atoms with Crippen molar-refractivity contribution in [2.24, 2.45) is 5.92 Å². The SMILES string of the molecule is CCOc1ccc(C(=O)N[C@H](C(=O)Nc2cc(OC)c(OC)cc2C)C(C)C)cc1. The van der Waals surface area contributed by atoms with Crippen LogP contribution < -0.4 is 24.8 Å². The Kier molecular flexibility index (Phi) is 8.09. The number of carbonyl (C=O) groups is 2. The summed E-state index contributed by atoms with van der Waals surface area (Å²) in [5.74, 6) is 1.04. The highest BCUT2D eigenvalue weighted by Gasteiger charge is 2.25. The van der Waals surface area contributed by atoms with Crippen molar-refractivity contribution in [1.29, 1.82) is 0 Å². The Balaban J connectivity index is 2.16. The summed E-state index contributed by atoms with van der Waals surface area (Å²) in [6, 6.07) is 9.60. The van der Waals surface area contributed by atoms with E-state index in [9.17, 15) is 9.59 Å². The normalized spacial score (nSPS) is 11.6. The molecule has 0 unspecified atom stereocenters. The van der Waals surface area contributed by atoms with E-state index in [1.54, 1.807) is 43.5 Å². The maximum atomic E-state index is 12.9. The molecule has 162 valence electrons. The third-order valence-corrected chi connectivity index (χ3v) is 4.65. The number of ether oxygens (including phenoxy) is 3. The molecule has 0 aromatic heterocycles. The lowest BCUT2D eigenvalue weighted by Crippen LogP contribution is -2.47. The molecule has 2 aromatic rings. The average molecular weight is 415 g/mol. The van der Waals surface area contributed by atoms with E-state index in [2.05, 4.69) is 10.6 Å². The number of methoxy groups -OCH3 is 2. The zero-order valence-electron chi connectivity index (χ0n) is 18.4. The maximum absolute atomic E-state index is 12.9. The highest BCUT2D eigenvalue weighted by Crippen LogP contribution is 2.33. The van der Waals surface area contributed by atoms with Crippen molar-refractivity contribution >= 4 is 17.5 Å². The van der Waals surface area contributed by atoms with Crippen LogP contribution in [0.5, 0.6) is 17.2 Å². The average Bonchev–Trinajstić information content (AvgIpc) is 2.73. The van der Waals surface area contributed by atoms with Crippen molar-refractivity contribution in [3.63, 3.8) is 0 Å². The van der Waals surface area contributed by atoms with Crippen LogP contribution in [-0.4, -0.2) is 38.7 Å². The highest BCUT2D eigenvalue weighted by atomic mass is 16.5. The molecule has 0 heterocycles. The number of hydrogen-bond acceptors (Lipinski definition) is 5. The van der Waals surface area contributed by atoms with Gasteiger partial charge in [0, 0.05) is 17.3 Å². The van der Waals surface area contributed by atoms with E-state index < -0.39 is 6.04 Å². The van der Waals surface area contributed by atoms with Crippen LogP contribution in [0, 0.1) is 12.8 Å². The van der Waals surface area contributed by atoms with Crippen LogP contribution in [0.3, 0.4) is 0 Å². The molecule has 0 radical (unpaired) electrons. The monoisotopic (exact) mass is 414 g/mol. The zero-order valence-corrected chi connectivity index (χ0v) is 18.4. The third-order valence-electron chi connectivity index (χ3n) is 4.65. The summed E-state index contributed by atoms with van der Waals surface area (Å²) >= 11 is 0. The summed E-state index contributed by atoms with van der Waals surface area (Å²) in [7, 11) is 3.09. The quantitative estimate of drug-likeness (QED) is 0.652. The smallest absolute Gasteiger partial charge is 0.251 e. The van der Waals surface area contributed by atoms with Crippen LogP contribution >= 0.6 is 0 Å².